The number of hydrogen-bond acceptors (Lipinski definition) is 4. The summed E-state index contributed by atoms with van der Waals surface area (Å²) in [4.78, 5) is 36.6. The van der Waals surface area contributed by atoms with E-state index >= 15 is 0 Å². The maximum Gasteiger partial charge on any atom is 0.303 e. The number of carbonyl (C=O) groups is 3. The Labute approximate surface area is 162 Å². The molecular weight excluding hydrogens is 340 g/mol. The molecule has 27 heavy (non-hydrogen) atoms. The number of fused-ring (bicyclic) bond motifs is 5. The van der Waals surface area contributed by atoms with Crippen LogP contribution in [0.15, 0.2) is 11.6 Å². The first-order valence-electron chi connectivity index (χ1n) is 10.6. The molecule has 4 aliphatic rings. The smallest absolute Gasteiger partial charge is 0.303 e. The van der Waals surface area contributed by atoms with Gasteiger partial charge in [0.1, 0.15) is 0 Å². The van der Waals surface area contributed by atoms with E-state index in [-0.39, 0.29) is 17.2 Å². The molecule has 0 aliphatic heterocycles. The molecule has 4 nitrogen and oxygen atoms in total. The van der Waals surface area contributed by atoms with Gasteiger partial charge >= 0.3 is 5.97 Å². The van der Waals surface area contributed by atoms with Crippen LogP contribution in [0.1, 0.15) is 72.6 Å². The van der Waals surface area contributed by atoms with Crippen molar-refractivity contribution in [1.82, 2.24) is 0 Å². The Hall–Kier alpha value is -1.45. The van der Waals surface area contributed by atoms with Gasteiger partial charge in [-0.1, -0.05) is 19.4 Å². The Kier molecular flexibility index (Phi) is 4.40. The number of Topliss-reactive ketones (excluding diaryl/α,β-unsaturated/α-hetero) is 1. The number of ether oxygens (including phenoxy) is 1. The third kappa shape index (κ3) is 2.58. The normalized spacial score (nSPS) is 46.0. The molecule has 0 amide bonds. The van der Waals surface area contributed by atoms with Crippen molar-refractivity contribution < 1.29 is 19.1 Å². The molecule has 0 bridgehead atoms. The summed E-state index contributed by atoms with van der Waals surface area (Å²) >= 11 is 0. The molecule has 0 aromatic carbocycles. The molecule has 4 rings (SSSR count). The number of rotatable bonds is 2. The molecular formula is C23H32O4. The zero-order valence-electron chi connectivity index (χ0n) is 17.0. The zero-order valence-corrected chi connectivity index (χ0v) is 17.0. The first kappa shape index (κ1) is 18.9. The van der Waals surface area contributed by atoms with E-state index in [0.29, 0.717) is 48.2 Å². The van der Waals surface area contributed by atoms with Gasteiger partial charge < -0.3 is 4.74 Å². The van der Waals surface area contributed by atoms with Crippen LogP contribution in [0.4, 0.5) is 0 Å². The van der Waals surface area contributed by atoms with Gasteiger partial charge in [0, 0.05) is 18.8 Å². The van der Waals surface area contributed by atoms with Crippen molar-refractivity contribution in [2.75, 3.05) is 0 Å². The fourth-order valence-corrected chi connectivity index (χ4v) is 7.81. The average molecular weight is 373 g/mol. The van der Waals surface area contributed by atoms with E-state index in [1.165, 1.54) is 12.5 Å². The van der Waals surface area contributed by atoms with Crippen molar-refractivity contribution in [3.8, 4) is 0 Å². The van der Waals surface area contributed by atoms with Crippen LogP contribution in [0.3, 0.4) is 0 Å². The second kappa shape index (κ2) is 6.28. The molecule has 0 N–H and O–H groups in total. The van der Waals surface area contributed by atoms with Gasteiger partial charge in [-0.05, 0) is 81.1 Å². The molecule has 0 saturated heterocycles. The SMILES string of the molecule is CC(=O)O[C@]1(C(C)=O)CCC2C3CCC4=CC(=O)CCC4C3C(C)CC21C. The third-order valence-corrected chi connectivity index (χ3v) is 8.60. The summed E-state index contributed by atoms with van der Waals surface area (Å²) in [7, 11) is 0. The van der Waals surface area contributed by atoms with Crippen LogP contribution in [0.5, 0.6) is 0 Å². The van der Waals surface area contributed by atoms with Crippen LogP contribution in [-0.2, 0) is 19.1 Å². The van der Waals surface area contributed by atoms with Crippen LogP contribution in [0.2, 0.25) is 0 Å². The number of ketones is 2. The summed E-state index contributed by atoms with van der Waals surface area (Å²) in [6, 6.07) is 0. The maximum atomic E-state index is 12.8. The van der Waals surface area contributed by atoms with Crippen LogP contribution >= 0.6 is 0 Å². The molecule has 148 valence electrons. The van der Waals surface area contributed by atoms with Crippen LogP contribution < -0.4 is 0 Å². The number of carbonyl (C=O) groups excluding carboxylic acids is 3. The van der Waals surface area contributed by atoms with Crippen LogP contribution in [0.25, 0.3) is 0 Å². The van der Waals surface area contributed by atoms with Gasteiger partial charge in [0.05, 0.1) is 0 Å². The zero-order chi connectivity index (χ0) is 19.6. The van der Waals surface area contributed by atoms with Gasteiger partial charge in [-0.2, -0.15) is 0 Å². The first-order chi connectivity index (χ1) is 12.7. The van der Waals surface area contributed by atoms with Crippen LogP contribution in [0, 0.1) is 35.0 Å². The maximum absolute atomic E-state index is 12.8. The first-order valence-corrected chi connectivity index (χ1v) is 10.6. The lowest BCUT2D eigenvalue weighted by Gasteiger charge is -2.58. The van der Waals surface area contributed by atoms with E-state index in [1.54, 1.807) is 6.92 Å². The molecule has 0 spiro atoms. The van der Waals surface area contributed by atoms with E-state index in [2.05, 4.69) is 13.8 Å². The molecule has 0 aromatic rings. The van der Waals surface area contributed by atoms with Gasteiger partial charge in [-0.15, -0.1) is 0 Å². The minimum atomic E-state index is -0.957. The standard InChI is InChI=1S/C23H32O4/c1-13-12-22(4)20(9-10-23(22,14(2)24)27-15(3)25)19-7-5-16-11-17(26)6-8-18(16)21(13)19/h11,13,18-21H,5-10,12H2,1-4H3/t13?,18?,19?,20?,21?,22?,23-/m0/s1. The number of allylic oxidation sites excluding steroid dienone is 1. The summed E-state index contributed by atoms with van der Waals surface area (Å²) in [6.07, 6.45) is 8.24. The van der Waals surface area contributed by atoms with Gasteiger partial charge in [0.15, 0.2) is 17.2 Å². The molecule has 0 aromatic heterocycles. The third-order valence-electron chi connectivity index (χ3n) is 8.60. The minimum Gasteiger partial charge on any atom is -0.451 e. The van der Waals surface area contributed by atoms with Crippen LogP contribution in [-0.4, -0.2) is 23.1 Å². The molecule has 0 radical (unpaired) electrons. The lowest BCUT2D eigenvalue weighted by molar-refractivity contribution is -0.189. The average Bonchev–Trinajstić information content (AvgIpc) is 2.87. The predicted molar refractivity (Wildman–Crippen MR) is 102 cm³/mol. The molecule has 4 heteroatoms. The highest BCUT2D eigenvalue weighted by atomic mass is 16.6. The monoisotopic (exact) mass is 372 g/mol. The summed E-state index contributed by atoms with van der Waals surface area (Å²) < 4.78 is 5.84. The predicted octanol–water partition coefficient (Wildman–Crippen LogP) is 4.27. The number of esters is 1. The molecule has 0 heterocycles. The van der Waals surface area contributed by atoms with Crippen molar-refractivity contribution in [1.29, 1.82) is 0 Å². The van der Waals surface area contributed by atoms with E-state index in [0.717, 1.165) is 32.1 Å². The Morgan fingerprint density at radius 3 is 2.56 bits per heavy atom. The minimum absolute atomic E-state index is 0.00741. The second-order valence-corrected chi connectivity index (χ2v) is 9.83. The van der Waals surface area contributed by atoms with E-state index in [9.17, 15) is 14.4 Å². The highest BCUT2D eigenvalue weighted by Gasteiger charge is 2.67. The molecule has 3 saturated carbocycles. The van der Waals surface area contributed by atoms with Crippen molar-refractivity contribution in [2.45, 2.75) is 78.2 Å². The fourth-order valence-electron chi connectivity index (χ4n) is 7.81. The second-order valence-electron chi connectivity index (χ2n) is 9.83. The molecule has 7 atom stereocenters. The van der Waals surface area contributed by atoms with E-state index < -0.39 is 5.60 Å². The van der Waals surface area contributed by atoms with Gasteiger partial charge in [-0.25, -0.2) is 0 Å². The number of hydrogen-bond donors (Lipinski definition) is 0. The van der Waals surface area contributed by atoms with Crippen molar-refractivity contribution in [3.63, 3.8) is 0 Å². The van der Waals surface area contributed by atoms with Crippen molar-refractivity contribution >= 4 is 17.5 Å². The van der Waals surface area contributed by atoms with Crippen molar-refractivity contribution in [2.24, 2.45) is 35.0 Å². The van der Waals surface area contributed by atoms with Gasteiger partial charge in [0.2, 0.25) is 0 Å². The molecule has 6 unspecified atom stereocenters. The fraction of sp³-hybridized carbons (Fsp3) is 0.783. The molecule has 3 fully saturated rings. The van der Waals surface area contributed by atoms with Gasteiger partial charge in [0.25, 0.3) is 0 Å². The Balaban J connectivity index is 1.71. The van der Waals surface area contributed by atoms with E-state index in [1.807, 2.05) is 6.08 Å². The lowest BCUT2D eigenvalue weighted by Crippen LogP contribution is -2.59. The topological polar surface area (TPSA) is 60.4 Å². The Morgan fingerprint density at radius 1 is 1.15 bits per heavy atom. The van der Waals surface area contributed by atoms with E-state index in [4.69, 9.17) is 4.74 Å². The molecule has 4 aliphatic carbocycles. The highest BCUT2D eigenvalue weighted by molar-refractivity contribution is 5.91. The largest absolute Gasteiger partial charge is 0.451 e. The summed E-state index contributed by atoms with van der Waals surface area (Å²) in [5.41, 5.74) is 0.136. The summed E-state index contributed by atoms with van der Waals surface area (Å²) in [5.74, 6) is 2.52. The quantitative estimate of drug-likeness (QED) is 0.679. The Morgan fingerprint density at radius 2 is 1.89 bits per heavy atom. The van der Waals surface area contributed by atoms with Gasteiger partial charge in [-0.3, -0.25) is 14.4 Å². The highest BCUT2D eigenvalue weighted by Crippen LogP contribution is 2.67. The van der Waals surface area contributed by atoms with Crippen molar-refractivity contribution in [3.05, 3.63) is 11.6 Å². The lowest BCUT2D eigenvalue weighted by atomic mass is 9.47. The summed E-state index contributed by atoms with van der Waals surface area (Å²) in [6.45, 7) is 7.54. The summed E-state index contributed by atoms with van der Waals surface area (Å²) in [5, 5.41) is 0. The Bertz CT molecular complexity index is 722.